The van der Waals surface area contributed by atoms with Crippen LogP contribution in [0.1, 0.15) is 0 Å². The van der Waals surface area contributed by atoms with Gasteiger partial charge in [-0.15, -0.1) is 0 Å². The number of nitrogens with zero attached hydrogens (tertiary/aromatic N) is 1. The summed E-state index contributed by atoms with van der Waals surface area (Å²) in [5, 5.41) is 0. The first-order chi connectivity index (χ1) is 4.68. The lowest BCUT2D eigenvalue weighted by molar-refractivity contribution is -0.123. The highest BCUT2D eigenvalue weighted by Gasteiger charge is 1.94. The van der Waals surface area contributed by atoms with Crippen molar-refractivity contribution in [3.63, 3.8) is 0 Å². The Morgan fingerprint density at radius 1 is 1.60 bits per heavy atom. The number of hydrogen-bond donors (Lipinski definition) is 0. The number of amides is 1. The van der Waals surface area contributed by atoms with Crippen molar-refractivity contribution in [2.24, 2.45) is 0 Å². The Labute approximate surface area is 61.3 Å². The Morgan fingerprint density at radius 2 is 2.20 bits per heavy atom. The van der Waals surface area contributed by atoms with Crippen LogP contribution in [0.5, 0.6) is 0 Å². The lowest BCUT2D eigenvalue weighted by atomic mass is 10.4. The highest BCUT2D eigenvalue weighted by molar-refractivity contribution is 5.87. The number of likely N-dealkylation sites (N-methyl/N-ethyl adjacent to an activating group) is 1. The number of hydrogen-bond acceptors (Lipinski definition) is 2. The molecule has 0 aromatic rings. The van der Waals surface area contributed by atoms with E-state index >= 15 is 0 Å². The van der Waals surface area contributed by atoms with Gasteiger partial charge in [-0.1, -0.05) is 6.08 Å². The zero-order chi connectivity index (χ0) is 7.98. The summed E-state index contributed by atoms with van der Waals surface area (Å²) in [4.78, 5) is 12.3. The smallest absolute Gasteiger partial charge is 0.245 e. The molecule has 0 heterocycles. The van der Waals surface area contributed by atoms with Crippen LogP contribution in [0.4, 0.5) is 0 Å². The van der Waals surface area contributed by atoms with Crippen LogP contribution in [0, 0.1) is 0 Å². The molecule has 0 bridgehead atoms. The molecule has 0 aromatic heterocycles. The van der Waals surface area contributed by atoms with Gasteiger partial charge in [0.1, 0.15) is 0 Å². The quantitative estimate of drug-likeness (QED) is 0.531. The van der Waals surface area contributed by atoms with E-state index in [1.807, 2.05) is 0 Å². The zero-order valence-electron chi connectivity index (χ0n) is 6.63. The van der Waals surface area contributed by atoms with Crippen LogP contribution in [0.15, 0.2) is 12.2 Å². The second-order valence-electron chi connectivity index (χ2n) is 2.09. The number of carbonyl (C=O) groups is 1. The monoisotopic (exact) mass is 143 g/mol. The number of rotatable bonds is 3. The predicted molar refractivity (Wildman–Crippen MR) is 39.7 cm³/mol. The SMILES string of the molecule is COC/C=C\C(=O)N(C)C. The lowest BCUT2D eigenvalue weighted by Crippen LogP contribution is -2.18. The van der Waals surface area contributed by atoms with Crippen molar-refractivity contribution >= 4 is 5.91 Å². The maximum absolute atomic E-state index is 10.8. The van der Waals surface area contributed by atoms with E-state index in [1.54, 1.807) is 27.3 Å². The van der Waals surface area contributed by atoms with Crippen molar-refractivity contribution in [2.75, 3.05) is 27.8 Å². The number of ether oxygens (including phenoxy) is 1. The van der Waals surface area contributed by atoms with E-state index in [0.717, 1.165) is 0 Å². The van der Waals surface area contributed by atoms with Crippen molar-refractivity contribution in [3.8, 4) is 0 Å². The van der Waals surface area contributed by atoms with Crippen LogP contribution in [0.2, 0.25) is 0 Å². The maximum atomic E-state index is 10.8. The summed E-state index contributed by atoms with van der Waals surface area (Å²) in [5.74, 6) is -0.0166. The molecule has 0 atom stereocenters. The van der Waals surface area contributed by atoms with Crippen LogP contribution < -0.4 is 0 Å². The average Bonchev–Trinajstić information content (AvgIpc) is 1.88. The second kappa shape index (κ2) is 4.99. The first kappa shape index (κ1) is 9.17. The molecule has 0 rings (SSSR count). The molecule has 1 amide bonds. The van der Waals surface area contributed by atoms with Gasteiger partial charge in [0.25, 0.3) is 0 Å². The Balaban J connectivity index is 3.56. The minimum absolute atomic E-state index is 0.0166. The highest BCUT2D eigenvalue weighted by Crippen LogP contribution is 1.81. The van der Waals surface area contributed by atoms with Gasteiger partial charge in [-0.05, 0) is 0 Å². The molecule has 0 spiro atoms. The number of carbonyl (C=O) groups excluding carboxylic acids is 1. The van der Waals surface area contributed by atoms with Crippen molar-refractivity contribution in [1.29, 1.82) is 0 Å². The summed E-state index contributed by atoms with van der Waals surface area (Å²) in [5.41, 5.74) is 0. The zero-order valence-corrected chi connectivity index (χ0v) is 6.63. The van der Waals surface area contributed by atoms with Crippen molar-refractivity contribution < 1.29 is 9.53 Å². The summed E-state index contributed by atoms with van der Waals surface area (Å²) in [7, 11) is 5.00. The van der Waals surface area contributed by atoms with Crippen molar-refractivity contribution in [3.05, 3.63) is 12.2 Å². The van der Waals surface area contributed by atoms with E-state index in [9.17, 15) is 4.79 Å². The fourth-order valence-corrected chi connectivity index (χ4v) is 0.394. The van der Waals surface area contributed by atoms with Gasteiger partial charge in [-0.25, -0.2) is 0 Å². The molecule has 0 radical (unpaired) electrons. The fourth-order valence-electron chi connectivity index (χ4n) is 0.394. The number of methoxy groups -OCH3 is 1. The van der Waals surface area contributed by atoms with Crippen LogP contribution in [-0.2, 0) is 9.53 Å². The standard InChI is InChI=1S/C7H13NO2/c1-8(2)7(9)5-4-6-10-3/h4-5H,6H2,1-3H3/b5-4-. The van der Waals surface area contributed by atoms with Crippen molar-refractivity contribution in [1.82, 2.24) is 4.90 Å². The maximum Gasteiger partial charge on any atom is 0.245 e. The topological polar surface area (TPSA) is 29.5 Å². The Bertz CT molecular complexity index is 130. The minimum Gasteiger partial charge on any atom is -0.381 e. The molecule has 0 saturated carbocycles. The Kier molecular flexibility index (Phi) is 4.58. The third-order valence-electron chi connectivity index (χ3n) is 0.964. The van der Waals surface area contributed by atoms with Gasteiger partial charge >= 0.3 is 0 Å². The molecule has 0 aromatic carbocycles. The van der Waals surface area contributed by atoms with E-state index in [-0.39, 0.29) is 5.91 Å². The normalized spacial score (nSPS) is 10.3. The molecule has 10 heavy (non-hydrogen) atoms. The van der Waals surface area contributed by atoms with Crippen LogP contribution in [0.25, 0.3) is 0 Å². The fraction of sp³-hybridized carbons (Fsp3) is 0.571. The van der Waals surface area contributed by atoms with Crippen molar-refractivity contribution in [2.45, 2.75) is 0 Å². The summed E-state index contributed by atoms with van der Waals surface area (Å²) < 4.78 is 4.71. The third-order valence-corrected chi connectivity index (χ3v) is 0.964. The second-order valence-corrected chi connectivity index (χ2v) is 2.09. The average molecular weight is 143 g/mol. The van der Waals surface area contributed by atoms with E-state index in [1.165, 1.54) is 11.0 Å². The molecule has 3 nitrogen and oxygen atoms in total. The molecule has 0 aliphatic carbocycles. The molecular weight excluding hydrogens is 130 g/mol. The van der Waals surface area contributed by atoms with E-state index < -0.39 is 0 Å². The summed E-state index contributed by atoms with van der Waals surface area (Å²) >= 11 is 0. The van der Waals surface area contributed by atoms with E-state index in [2.05, 4.69) is 0 Å². The summed E-state index contributed by atoms with van der Waals surface area (Å²) in [6.45, 7) is 0.486. The van der Waals surface area contributed by atoms with Crippen LogP contribution in [0.3, 0.4) is 0 Å². The first-order valence-corrected chi connectivity index (χ1v) is 3.05. The van der Waals surface area contributed by atoms with Gasteiger partial charge in [0.15, 0.2) is 0 Å². The Hall–Kier alpha value is -0.830. The van der Waals surface area contributed by atoms with Gasteiger partial charge < -0.3 is 9.64 Å². The van der Waals surface area contributed by atoms with Gasteiger partial charge in [-0.2, -0.15) is 0 Å². The summed E-state index contributed by atoms with van der Waals surface area (Å²) in [6, 6.07) is 0. The van der Waals surface area contributed by atoms with E-state index in [4.69, 9.17) is 4.74 Å². The molecule has 58 valence electrons. The largest absolute Gasteiger partial charge is 0.381 e. The molecule has 0 aliphatic heterocycles. The summed E-state index contributed by atoms with van der Waals surface area (Å²) in [6.07, 6.45) is 3.17. The van der Waals surface area contributed by atoms with Gasteiger partial charge in [0.05, 0.1) is 6.61 Å². The molecule has 0 fully saturated rings. The van der Waals surface area contributed by atoms with Gasteiger partial charge in [0, 0.05) is 27.3 Å². The predicted octanol–water partition coefficient (Wildman–Crippen LogP) is 0.277. The molecule has 0 saturated heterocycles. The molecule has 3 heteroatoms. The molecule has 0 unspecified atom stereocenters. The Morgan fingerprint density at radius 3 is 2.60 bits per heavy atom. The van der Waals surface area contributed by atoms with Gasteiger partial charge in [0.2, 0.25) is 5.91 Å². The highest BCUT2D eigenvalue weighted by atomic mass is 16.5. The minimum atomic E-state index is -0.0166. The van der Waals surface area contributed by atoms with Gasteiger partial charge in [-0.3, -0.25) is 4.79 Å². The lowest BCUT2D eigenvalue weighted by Gasteiger charge is -2.04. The first-order valence-electron chi connectivity index (χ1n) is 3.05. The van der Waals surface area contributed by atoms with E-state index in [0.29, 0.717) is 6.61 Å². The molecule has 0 N–H and O–H groups in total. The van der Waals surface area contributed by atoms with Crippen LogP contribution >= 0.6 is 0 Å². The molecule has 0 aliphatic rings. The van der Waals surface area contributed by atoms with Crippen LogP contribution in [-0.4, -0.2) is 38.6 Å². The third kappa shape index (κ3) is 4.09. The molecular formula is C7H13NO2.